The fourth-order valence-corrected chi connectivity index (χ4v) is 6.03. The van der Waals surface area contributed by atoms with E-state index in [1.807, 2.05) is 30.3 Å². The Bertz CT molecular complexity index is 1050. The Hall–Kier alpha value is -2.36. The van der Waals surface area contributed by atoms with Gasteiger partial charge in [-0.3, -0.25) is 9.69 Å². The summed E-state index contributed by atoms with van der Waals surface area (Å²) in [6.45, 7) is 1.46. The van der Waals surface area contributed by atoms with Crippen LogP contribution in [0.2, 0.25) is 0 Å². The van der Waals surface area contributed by atoms with E-state index in [1.165, 1.54) is 10.4 Å². The topological polar surface area (TPSA) is 69.7 Å². The molecule has 2 aliphatic rings. The molecule has 1 aliphatic carbocycles. The van der Waals surface area contributed by atoms with Crippen molar-refractivity contribution in [1.82, 2.24) is 9.21 Å². The molecule has 1 atom stereocenters. The van der Waals surface area contributed by atoms with E-state index in [4.69, 9.17) is 0 Å². The fraction of sp³-hybridized carbons (Fsp3) is 0.409. The number of hydrogen-bond donors (Lipinski definition) is 1. The van der Waals surface area contributed by atoms with E-state index in [-0.39, 0.29) is 18.3 Å². The lowest BCUT2D eigenvalue weighted by molar-refractivity contribution is -0.116. The molecule has 6 nitrogen and oxygen atoms in total. The third-order valence-electron chi connectivity index (χ3n) is 5.68. The monoisotopic (exact) mass is 449 g/mol. The quantitative estimate of drug-likeness (QED) is 0.673. The molecule has 1 aliphatic heterocycles. The van der Waals surface area contributed by atoms with Crippen LogP contribution in [0.5, 0.6) is 0 Å². The molecule has 0 aromatic heterocycles. The predicted molar refractivity (Wildman–Crippen MR) is 114 cm³/mol. The van der Waals surface area contributed by atoms with Crippen molar-refractivity contribution in [2.24, 2.45) is 0 Å². The van der Waals surface area contributed by atoms with Crippen molar-refractivity contribution in [2.45, 2.75) is 37.1 Å². The Labute approximate surface area is 180 Å². The van der Waals surface area contributed by atoms with Crippen molar-refractivity contribution < 1.29 is 22.0 Å². The van der Waals surface area contributed by atoms with Crippen molar-refractivity contribution in [1.29, 1.82) is 0 Å². The highest BCUT2D eigenvalue weighted by Crippen LogP contribution is 2.33. The summed E-state index contributed by atoms with van der Waals surface area (Å²) in [6, 6.07) is 12.7. The summed E-state index contributed by atoms with van der Waals surface area (Å²) in [6.07, 6.45) is 1.96. The summed E-state index contributed by atoms with van der Waals surface area (Å²) in [4.78, 5) is 14.6. The van der Waals surface area contributed by atoms with Crippen molar-refractivity contribution in [3.8, 4) is 0 Å². The molecule has 1 amide bonds. The molecule has 2 aromatic rings. The normalized spacial score (nSPS) is 19.6. The first-order valence-corrected chi connectivity index (χ1v) is 11.8. The second-order valence-electron chi connectivity index (χ2n) is 8.13. The van der Waals surface area contributed by atoms with Gasteiger partial charge in [-0.15, -0.1) is 0 Å². The Kier molecular flexibility index (Phi) is 6.36. The number of likely N-dealkylation sites (tertiary alicyclic amines) is 1. The fourth-order valence-electron chi connectivity index (χ4n) is 3.92. The lowest BCUT2D eigenvalue weighted by Crippen LogP contribution is -2.45. The number of rotatable bonds is 8. The molecule has 4 rings (SSSR count). The molecule has 9 heteroatoms. The molecule has 1 N–H and O–H groups in total. The maximum atomic E-state index is 13.4. The van der Waals surface area contributed by atoms with Gasteiger partial charge in [-0.05, 0) is 43.5 Å². The molecular weight excluding hydrogens is 424 g/mol. The molecule has 1 heterocycles. The SMILES string of the molecule is O=C(CN(C1CC1)S(=O)(=O)[C@@H]1CCN(Cc2ccccc2)C1)Nc1ccc(F)c(F)c1. The summed E-state index contributed by atoms with van der Waals surface area (Å²) in [5.41, 5.74) is 1.22. The molecule has 2 fully saturated rings. The zero-order valence-electron chi connectivity index (χ0n) is 17.0. The van der Waals surface area contributed by atoms with Gasteiger partial charge in [-0.2, -0.15) is 4.31 Å². The first-order valence-electron chi connectivity index (χ1n) is 10.3. The third-order valence-corrected chi connectivity index (χ3v) is 7.99. The molecule has 0 bridgehead atoms. The second-order valence-corrected chi connectivity index (χ2v) is 10.3. The second kappa shape index (κ2) is 9.02. The van der Waals surface area contributed by atoms with Crippen LogP contribution in [0.25, 0.3) is 0 Å². The van der Waals surface area contributed by atoms with Gasteiger partial charge in [0, 0.05) is 30.9 Å². The number of nitrogens with zero attached hydrogens (tertiary/aromatic N) is 2. The van der Waals surface area contributed by atoms with Crippen LogP contribution in [-0.2, 0) is 21.4 Å². The minimum Gasteiger partial charge on any atom is -0.325 e. The molecule has 0 unspecified atom stereocenters. The molecule has 0 radical (unpaired) electrons. The summed E-state index contributed by atoms with van der Waals surface area (Å²) in [5.74, 6) is -2.66. The number of anilines is 1. The van der Waals surface area contributed by atoms with Crippen LogP contribution < -0.4 is 5.32 Å². The Morgan fingerprint density at radius 1 is 1.06 bits per heavy atom. The zero-order valence-corrected chi connectivity index (χ0v) is 17.8. The smallest absolute Gasteiger partial charge is 0.239 e. The minimum atomic E-state index is -3.67. The number of amides is 1. The lowest BCUT2D eigenvalue weighted by atomic mass is 10.2. The summed E-state index contributed by atoms with van der Waals surface area (Å²) >= 11 is 0. The van der Waals surface area contributed by atoms with E-state index >= 15 is 0 Å². The average molecular weight is 450 g/mol. The number of carbonyl (C=O) groups is 1. The van der Waals surface area contributed by atoms with Crippen LogP contribution in [-0.4, -0.2) is 54.5 Å². The highest BCUT2D eigenvalue weighted by molar-refractivity contribution is 7.89. The first kappa shape index (κ1) is 21.9. The summed E-state index contributed by atoms with van der Waals surface area (Å²) < 4.78 is 54.4. The number of nitrogens with one attached hydrogen (secondary N) is 1. The lowest BCUT2D eigenvalue weighted by Gasteiger charge is -2.25. The highest BCUT2D eigenvalue weighted by atomic mass is 32.2. The number of carbonyl (C=O) groups excluding carboxylic acids is 1. The minimum absolute atomic E-state index is 0.0898. The average Bonchev–Trinajstić information content (AvgIpc) is 3.47. The van der Waals surface area contributed by atoms with Crippen LogP contribution in [0.1, 0.15) is 24.8 Å². The number of sulfonamides is 1. The number of benzene rings is 2. The van der Waals surface area contributed by atoms with Gasteiger partial charge in [0.2, 0.25) is 15.9 Å². The van der Waals surface area contributed by atoms with Gasteiger partial charge in [0.25, 0.3) is 0 Å². The van der Waals surface area contributed by atoms with E-state index in [0.717, 1.165) is 30.5 Å². The number of halogens is 2. The van der Waals surface area contributed by atoms with Crippen LogP contribution in [0, 0.1) is 11.6 Å². The molecule has 166 valence electrons. The third kappa shape index (κ3) is 5.28. The van der Waals surface area contributed by atoms with Crippen molar-refractivity contribution >= 4 is 21.6 Å². The number of hydrogen-bond acceptors (Lipinski definition) is 4. The molecule has 1 saturated carbocycles. The molecule has 0 spiro atoms. The van der Waals surface area contributed by atoms with Gasteiger partial charge in [-0.25, -0.2) is 17.2 Å². The summed E-state index contributed by atoms with van der Waals surface area (Å²) in [7, 11) is -3.67. The van der Waals surface area contributed by atoms with Gasteiger partial charge >= 0.3 is 0 Å². The van der Waals surface area contributed by atoms with Gasteiger partial charge in [0.1, 0.15) is 0 Å². The van der Waals surface area contributed by atoms with Crippen molar-refractivity contribution in [3.63, 3.8) is 0 Å². The summed E-state index contributed by atoms with van der Waals surface area (Å²) in [5, 5.41) is 1.90. The Balaban J connectivity index is 1.40. The molecule has 2 aromatic carbocycles. The van der Waals surface area contributed by atoms with Crippen LogP contribution in [0.4, 0.5) is 14.5 Å². The maximum absolute atomic E-state index is 13.4. The van der Waals surface area contributed by atoms with Gasteiger partial charge < -0.3 is 5.32 Å². The van der Waals surface area contributed by atoms with Crippen LogP contribution >= 0.6 is 0 Å². The van der Waals surface area contributed by atoms with E-state index in [9.17, 15) is 22.0 Å². The van der Waals surface area contributed by atoms with Gasteiger partial charge in [-0.1, -0.05) is 30.3 Å². The van der Waals surface area contributed by atoms with Crippen LogP contribution in [0.3, 0.4) is 0 Å². The molecule has 31 heavy (non-hydrogen) atoms. The largest absolute Gasteiger partial charge is 0.325 e. The van der Waals surface area contributed by atoms with E-state index < -0.39 is 32.8 Å². The van der Waals surface area contributed by atoms with Crippen LogP contribution in [0.15, 0.2) is 48.5 Å². The maximum Gasteiger partial charge on any atom is 0.239 e. The highest BCUT2D eigenvalue weighted by Gasteiger charge is 2.44. The Morgan fingerprint density at radius 2 is 1.81 bits per heavy atom. The van der Waals surface area contributed by atoms with E-state index in [2.05, 4.69) is 10.2 Å². The van der Waals surface area contributed by atoms with E-state index in [0.29, 0.717) is 26.1 Å². The predicted octanol–water partition coefficient (Wildman–Crippen LogP) is 2.97. The van der Waals surface area contributed by atoms with Crippen molar-refractivity contribution in [2.75, 3.05) is 25.0 Å². The standard InChI is InChI=1S/C22H25F2N3O3S/c23-20-9-6-17(12-21(20)24)25-22(28)15-27(18-7-8-18)31(29,30)19-10-11-26(14-19)13-16-4-2-1-3-5-16/h1-6,9,12,18-19H,7-8,10-11,13-15H2,(H,25,28)/t19-/m1/s1. The van der Waals surface area contributed by atoms with Gasteiger partial charge in [0.05, 0.1) is 11.8 Å². The zero-order chi connectivity index (χ0) is 22.0. The van der Waals surface area contributed by atoms with E-state index in [1.54, 1.807) is 0 Å². The molecule has 1 saturated heterocycles. The Morgan fingerprint density at radius 3 is 2.48 bits per heavy atom. The van der Waals surface area contributed by atoms with Crippen molar-refractivity contribution in [3.05, 3.63) is 65.7 Å². The van der Waals surface area contributed by atoms with Gasteiger partial charge in [0.15, 0.2) is 11.6 Å². The molecular formula is C22H25F2N3O3S. The first-order chi connectivity index (χ1) is 14.8.